The molecule has 0 bridgehead atoms. The van der Waals surface area contributed by atoms with Gasteiger partial charge in [0.05, 0.1) is 18.8 Å². The molecule has 1 amide bonds. The van der Waals surface area contributed by atoms with Crippen molar-refractivity contribution in [1.29, 1.82) is 0 Å². The first-order chi connectivity index (χ1) is 11.7. The fourth-order valence-corrected chi connectivity index (χ4v) is 2.47. The van der Waals surface area contributed by atoms with Crippen LogP contribution in [-0.2, 0) is 28.7 Å². The van der Waals surface area contributed by atoms with E-state index in [0.29, 0.717) is 0 Å². The second-order valence-electron chi connectivity index (χ2n) is 5.76. The van der Waals surface area contributed by atoms with Gasteiger partial charge < -0.3 is 24.8 Å². The van der Waals surface area contributed by atoms with Crippen LogP contribution in [0.25, 0.3) is 0 Å². The number of carboxylic acid groups (broad SMARTS) is 1. The third-order valence-corrected chi connectivity index (χ3v) is 3.31. The van der Waals surface area contributed by atoms with E-state index in [4.69, 9.17) is 14.6 Å². The summed E-state index contributed by atoms with van der Waals surface area (Å²) in [6, 6.07) is -1.26. The van der Waals surface area contributed by atoms with E-state index in [2.05, 4.69) is 5.32 Å². The SMILES string of the molecule is CCOC(=O)C1=C(NCC(=O)O)C(=O)N(CC(C)C)C1C(=O)OCC. The number of nitrogens with one attached hydrogen (secondary N) is 1. The van der Waals surface area contributed by atoms with Gasteiger partial charge in [0.15, 0.2) is 6.04 Å². The molecule has 1 unspecified atom stereocenters. The van der Waals surface area contributed by atoms with Crippen LogP contribution >= 0.6 is 0 Å². The van der Waals surface area contributed by atoms with Gasteiger partial charge in [0.2, 0.25) is 0 Å². The van der Waals surface area contributed by atoms with Gasteiger partial charge in [-0.1, -0.05) is 13.8 Å². The van der Waals surface area contributed by atoms with Crippen LogP contribution < -0.4 is 5.32 Å². The first-order valence-corrected chi connectivity index (χ1v) is 8.09. The second kappa shape index (κ2) is 9.05. The molecule has 1 heterocycles. The van der Waals surface area contributed by atoms with Gasteiger partial charge in [0, 0.05) is 6.54 Å². The summed E-state index contributed by atoms with van der Waals surface area (Å²) in [7, 11) is 0. The number of rotatable bonds is 9. The average molecular weight is 356 g/mol. The molecule has 1 aliphatic heterocycles. The quantitative estimate of drug-likeness (QED) is 0.550. The molecular weight excluding hydrogens is 332 g/mol. The third-order valence-electron chi connectivity index (χ3n) is 3.31. The van der Waals surface area contributed by atoms with Crippen LogP contribution in [0, 0.1) is 5.92 Å². The maximum atomic E-state index is 12.7. The van der Waals surface area contributed by atoms with Crippen LogP contribution in [0.15, 0.2) is 11.3 Å². The summed E-state index contributed by atoms with van der Waals surface area (Å²) in [5.41, 5.74) is -0.452. The first kappa shape index (κ1) is 20.5. The molecule has 0 saturated carbocycles. The lowest BCUT2D eigenvalue weighted by atomic mass is 10.1. The van der Waals surface area contributed by atoms with E-state index in [1.54, 1.807) is 13.8 Å². The second-order valence-corrected chi connectivity index (χ2v) is 5.76. The number of amides is 1. The van der Waals surface area contributed by atoms with Gasteiger partial charge in [-0.25, -0.2) is 9.59 Å². The Labute approximate surface area is 145 Å². The number of esters is 2. The minimum atomic E-state index is -1.26. The van der Waals surface area contributed by atoms with Gasteiger partial charge in [-0.3, -0.25) is 9.59 Å². The molecule has 25 heavy (non-hydrogen) atoms. The highest BCUT2D eigenvalue weighted by Gasteiger charge is 2.48. The number of nitrogens with zero attached hydrogens (tertiary/aromatic N) is 1. The van der Waals surface area contributed by atoms with Gasteiger partial charge in [0.1, 0.15) is 12.2 Å². The van der Waals surface area contributed by atoms with Crippen LogP contribution in [0.1, 0.15) is 27.7 Å². The maximum Gasteiger partial charge on any atom is 0.339 e. The molecule has 0 fully saturated rings. The Kier molecular flexibility index (Phi) is 7.41. The van der Waals surface area contributed by atoms with Crippen molar-refractivity contribution in [2.24, 2.45) is 5.92 Å². The van der Waals surface area contributed by atoms with Crippen molar-refractivity contribution >= 4 is 23.8 Å². The molecule has 0 spiro atoms. The summed E-state index contributed by atoms with van der Waals surface area (Å²) in [6.07, 6.45) is 0. The molecule has 1 atom stereocenters. The number of hydrogen-bond donors (Lipinski definition) is 2. The number of aliphatic carboxylic acids is 1. The van der Waals surface area contributed by atoms with E-state index in [0.717, 1.165) is 0 Å². The highest BCUT2D eigenvalue weighted by molar-refractivity contribution is 6.12. The van der Waals surface area contributed by atoms with Crippen molar-refractivity contribution in [3.05, 3.63) is 11.3 Å². The molecule has 0 aromatic heterocycles. The molecule has 0 aromatic carbocycles. The highest BCUT2D eigenvalue weighted by atomic mass is 16.5. The van der Waals surface area contributed by atoms with Crippen molar-refractivity contribution in [3.63, 3.8) is 0 Å². The summed E-state index contributed by atoms with van der Waals surface area (Å²) in [5, 5.41) is 11.3. The van der Waals surface area contributed by atoms with E-state index in [9.17, 15) is 19.2 Å². The van der Waals surface area contributed by atoms with Gasteiger partial charge in [-0.2, -0.15) is 0 Å². The summed E-state index contributed by atoms with van der Waals surface area (Å²) in [6.45, 7) is 6.64. The monoisotopic (exact) mass is 356 g/mol. The number of carboxylic acids is 1. The normalized spacial score (nSPS) is 17.1. The number of hydrogen-bond acceptors (Lipinski definition) is 7. The van der Waals surface area contributed by atoms with Crippen molar-refractivity contribution in [3.8, 4) is 0 Å². The number of carbonyl (C=O) groups is 4. The number of ether oxygens (including phenoxy) is 2. The zero-order chi connectivity index (χ0) is 19.1. The Morgan fingerprint density at radius 3 is 2.28 bits per heavy atom. The fraction of sp³-hybridized carbons (Fsp3) is 0.625. The standard InChI is InChI=1S/C16H24N2O7/c1-5-24-15(22)11-12(17-7-10(19)20)14(21)18(8-9(3)4)13(11)16(23)25-6-2/h9,13,17H,5-8H2,1-4H3,(H,19,20). The first-order valence-electron chi connectivity index (χ1n) is 8.09. The third kappa shape index (κ3) is 4.94. The molecule has 0 aliphatic carbocycles. The summed E-state index contributed by atoms with van der Waals surface area (Å²) >= 11 is 0. The zero-order valence-corrected chi connectivity index (χ0v) is 14.8. The molecule has 0 radical (unpaired) electrons. The molecular formula is C16H24N2O7. The van der Waals surface area contributed by atoms with Crippen LogP contribution in [-0.4, -0.2) is 66.2 Å². The lowest BCUT2D eigenvalue weighted by Gasteiger charge is -2.26. The van der Waals surface area contributed by atoms with E-state index >= 15 is 0 Å². The molecule has 0 aromatic rings. The van der Waals surface area contributed by atoms with Gasteiger partial charge >= 0.3 is 17.9 Å². The minimum Gasteiger partial charge on any atom is -0.480 e. The number of carbonyl (C=O) groups excluding carboxylic acids is 3. The topological polar surface area (TPSA) is 122 Å². The predicted octanol–water partition coefficient (Wildman–Crippen LogP) is -0.0923. The summed E-state index contributed by atoms with van der Waals surface area (Å²) in [4.78, 5) is 49.4. The van der Waals surface area contributed by atoms with Crippen molar-refractivity contribution in [1.82, 2.24) is 10.2 Å². The Morgan fingerprint density at radius 1 is 1.20 bits per heavy atom. The summed E-state index contributed by atoms with van der Waals surface area (Å²) < 4.78 is 9.95. The highest BCUT2D eigenvalue weighted by Crippen LogP contribution is 2.28. The Morgan fingerprint density at radius 2 is 1.80 bits per heavy atom. The van der Waals surface area contributed by atoms with E-state index in [1.807, 2.05) is 13.8 Å². The zero-order valence-electron chi connectivity index (χ0n) is 14.8. The molecule has 9 heteroatoms. The minimum absolute atomic E-state index is 0.0168. The van der Waals surface area contributed by atoms with Crippen LogP contribution in [0.4, 0.5) is 0 Å². The van der Waals surface area contributed by atoms with Crippen LogP contribution in [0.2, 0.25) is 0 Å². The molecule has 140 valence electrons. The van der Waals surface area contributed by atoms with Crippen molar-refractivity contribution in [2.45, 2.75) is 33.7 Å². The van der Waals surface area contributed by atoms with E-state index in [-0.39, 0.29) is 36.9 Å². The predicted molar refractivity (Wildman–Crippen MR) is 86.3 cm³/mol. The average Bonchev–Trinajstić information content (AvgIpc) is 2.78. The fourth-order valence-electron chi connectivity index (χ4n) is 2.47. The van der Waals surface area contributed by atoms with Crippen LogP contribution in [0.3, 0.4) is 0 Å². The van der Waals surface area contributed by atoms with E-state index in [1.165, 1.54) is 4.90 Å². The van der Waals surface area contributed by atoms with Crippen LogP contribution in [0.5, 0.6) is 0 Å². The van der Waals surface area contributed by atoms with Crippen molar-refractivity contribution in [2.75, 3.05) is 26.3 Å². The molecule has 1 rings (SSSR count). The molecule has 0 saturated heterocycles. The van der Waals surface area contributed by atoms with Gasteiger partial charge in [0.25, 0.3) is 5.91 Å². The molecule has 9 nitrogen and oxygen atoms in total. The maximum absolute atomic E-state index is 12.7. The smallest absolute Gasteiger partial charge is 0.339 e. The molecule has 2 N–H and O–H groups in total. The Balaban J connectivity index is 3.36. The Bertz CT molecular complexity index is 583. The lowest BCUT2D eigenvalue weighted by molar-refractivity contribution is -0.153. The lowest BCUT2D eigenvalue weighted by Crippen LogP contribution is -2.45. The van der Waals surface area contributed by atoms with Crippen molar-refractivity contribution < 1.29 is 33.8 Å². The largest absolute Gasteiger partial charge is 0.480 e. The molecule has 1 aliphatic rings. The summed E-state index contributed by atoms with van der Waals surface area (Å²) in [5.74, 6) is -3.43. The van der Waals surface area contributed by atoms with Gasteiger partial charge in [-0.05, 0) is 19.8 Å². The Hall–Kier alpha value is -2.58. The van der Waals surface area contributed by atoms with Gasteiger partial charge in [-0.15, -0.1) is 0 Å². The van der Waals surface area contributed by atoms with E-state index < -0.39 is 36.4 Å².